The number of Topliss-reactive ketones (excluding diaryl/α,β-unsaturated/α-hetero) is 1. The number of hydrogen-bond donors (Lipinski definition) is 0. The van der Waals surface area contributed by atoms with Crippen molar-refractivity contribution >= 4 is 29.0 Å². The van der Waals surface area contributed by atoms with Crippen molar-refractivity contribution in [1.29, 1.82) is 0 Å². The number of ketones is 1. The number of aryl methyl sites for hydroxylation is 2. The summed E-state index contributed by atoms with van der Waals surface area (Å²) in [6, 6.07) is 15.8. The Morgan fingerprint density at radius 1 is 0.667 bits per heavy atom. The molecule has 0 spiro atoms. The number of hydrogen-bond acceptors (Lipinski definition) is 1. The van der Waals surface area contributed by atoms with Crippen LogP contribution < -0.4 is 0 Å². The molecule has 3 heteroatoms. The van der Waals surface area contributed by atoms with Crippen LogP contribution in [-0.4, -0.2) is 5.78 Å². The minimum absolute atomic E-state index is 0.369. The Labute approximate surface area is 155 Å². The van der Waals surface area contributed by atoms with Crippen molar-refractivity contribution in [3.63, 3.8) is 0 Å². The van der Waals surface area contributed by atoms with E-state index in [2.05, 4.69) is 12.1 Å². The van der Waals surface area contributed by atoms with Crippen molar-refractivity contribution in [3.8, 4) is 0 Å². The summed E-state index contributed by atoms with van der Waals surface area (Å²) >= 11 is 12.3. The van der Waals surface area contributed by atoms with Crippen LogP contribution in [0.25, 0.3) is 0 Å². The molecule has 0 bridgehead atoms. The number of carbonyl (C=O) groups is 1. The molecule has 2 aromatic rings. The average Bonchev–Trinajstić information content (AvgIpc) is 2.58. The molecule has 0 fully saturated rings. The molecule has 0 atom stereocenters. The maximum Gasteiger partial charge on any atom is 0.132 e. The predicted octanol–water partition coefficient (Wildman–Crippen LogP) is 6.69. The summed E-state index contributed by atoms with van der Waals surface area (Å²) in [6.07, 6.45) is 7.14. The van der Waals surface area contributed by atoms with E-state index in [0.717, 1.165) is 48.6 Å². The van der Waals surface area contributed by atoms with E-state index in [-0.39, 0.29) is 0 Å². The largest absolute Gasteiger partial charge is 0.300 e. The van der Waals surface area contributed by atoms with Gasteiger partial charge in [-0.25, -0.2) is 0 Å². The number of rotatable bonds is 10. The van der Waals surface area contributed by atoms with Crippen LogP contribution in [0.5, 0.6) is 0 Å². The topological polar surface area (TPSA) is 17.1 Å². The fourth-order valence-corrected chi connectivity index (χ4v) is 3.26. The van der Waals surface area contributed by atoms with Crippen LogP contribution in [0.2, 0.25) is 10.0 Å². The van der Waals surface area contributed by atoms with Gasteiger partial charge >= 0.3 is 0 Å². The smallest absolute Gasteiger partial charge is 0.132 e. The molecular formula is C21H24Cl2O. The second-order valence-electron chi connectivity index (χ2n) is 6.14. The quantitative estimate of drug-likeness (QED) is 0.430. The minimum atomic E-state index is 0.369. The number of unbranched alkanes of at least 4 members (excludes halogenated alkanes) is 2. The van der Waals surface area contributed by atoms with Gasteiger partial charge in [-0.05, 0) is 61.8 Å². The summed E-state index contributed by atoms with van der Waals surface area (Å²) in [6.45, 7) is 0. The van der Waals surface area contributed by atoms with Crippen molar-refractivity contribution in [3.05, 3.63) is 69.7 Å². The highest BCUT2D eigenvalue weighted by Gasteiger charge is 2.04. The van der Waals surface area contributed by atoms with E-state index in [4.69, 9.17) is 23.2 Å². The van der Waals surface area contributed by atoms with Gasteiger partial charge in [0.15, 0.2) is 0 Å². The van der Waals surface area contributed by atoms with Gasteiger partial charge in [-0.3, -0.25) is 4.79 Å². The van der Waals surface area contributed by atoms with Crippen LogP contribution in [0, 0.1) is 0 Å². The Morgan fingerprint density at radius 2 is 1.08 bits per heavy atom. The molecule has 0 aliphatic carbocycles. The lowest BCUT2D eigenvalue weighted by molar-refractivity contribution is -0.119. The van der Waals surface area contributed by atoms with Gasteiger partial charge in [0.1, 0.15) is 5.78 Å². The lowest BCUT2D eigenvalue weighted by atomic mass is 10.0. The molecule has 0 saturated heterocycles. The standard InChI is InChI=1S/C21H24Cl2O/c22-20-15-7-3-11-17(20)9-1-5-13-19(24)14-6-2-10-18-12-4-8-16-21(18)23/h3-4,7-8,11-12,15-16H,1-2,5-6,9-10,13-14H2. The van der Waals surface area contributed by atoms with Crippen LogP contribution in [-0.2, 0) is 17.6 Å². The highest BCUT2D eigenvalue weighted by molar-refractivity contribution is 6.31. The molecule has 0 N–H and O–H groups in total. The average molecular weight is 363 g/mol. The highest BCUT2D eigenvalue weighted by Crippen LogP contribution is 2.19. The maximum absolute atomic E-state index is 11.9. The SMILES string of the molecule is O=C(CCCCc1ccccc1Cl)CCCCc1ccccc1Cl. The van der Waals surface area contributed by atoms with Gasteiger partial charge < -0.3 is 0 Å². The summed E-state index contributed by atoms with van der Waals surface area (Å²) in [7, 11) is 0. The molecule has 1 nitrogen and oxygen atoms in total. The number of carbonyl (C=O) groups excluding carboxylic acids is 1. The highest BCUT2D eigenvalue weighted by atomic mass is 35.5. The Hall–Kier alpha value is -1.31. The van der Waals surface area contributed by atoms with E-state index in [1.54, 1.807) is 0 Å². The molecule has 0 unspecified atom stereocenters. The first kappa shape index (κ1) is 19.0. The van der Waals surface area contributed by atoms with E-state index < -0.39 is 0 Å². The summed E-state index contributed by atoms with van der Waals surface area (Å²) < 4.78 is 0. The Kier molecular flexibility index (Phi) is 8.35. The summed E-state index contributed by atoms with van der Waals surface area (Å²) in [5, 5.41) is 1.65. The van der Waals surface area contributed by atoms with Crippen molar-refractivity contribution in [2.75, 3.05) is 0 Å². The summed E-state index contributed by atoms with van der Waals surface area (Å²) in [5.41, 5.74) is 2.35. The lowest BCUT2D eigenvalue weighted by Crippen LogP contribution is -1.99. The molecule has 24 heavy (non-hydrogen) atoms. The van der Waals surface area contributed by atoms with E-state index in [1.165, 1.54) is 11.1 Å². The first-order valence-corrected chi connectivity index (χ1v) is 9.41. The lowest BCUT2D eigenvalue weighted by Gasteiger charge is -2.05. The second-order valence-corrected chi connectivity index (χ2v) is 6.95. The molecule has 0 radical (unpaired) electrons. The normalized spacial score (nSPS) is 10.8. The second kappa shape index (κ2) is 10.5. The molecule has 0 aliphatic heterocycles. The summed E-state index contributed by atoms with van der Waals surface area (Å²) in [5.74, 6) is 0.369. The third-order valence-corrected chi connectivity index (χ3v) is 4.96. The molecular weight excluding hydrogens is 339 g/mol. The van der Waals surface area contributed by atoms with Crippen molar-refractivity contribution < 1.29 is 4.79 Å². The molecule has 2 rings (SSSR count). The van der Waals surface area contributed by atoms with Crippen LogP contribution in [0.3, 0.4) is 0 Å². The van der Waals surface area contributed by atoms with Crippen LogP contribution in [0.15, 0.2) is 48.5 Å². The summed E-state index contributed by atoms with van der Waals surface area (Å²) in [4.78, 5) is 11.9. The number of benzene rings is 2. The van der Waals surface area contributed by atoms with Gasteiger partial charge in [0.05, 0.1) is 0 Å². The van der Waals surface area contributed by atoms with Crippen molar-refractivity contribution in [2.45, 2.75) is 51.4 Å². The Balaban J connectivity index is 1.55. The Morgan fingerprint density at radius 3 is 1.50 bits per heavy atom. The van der Waals surface area contributed by atoms with Gasteiger partial charge in [0, 0.05) is 22.9 Å². The number of halogens is 2. The van der Waals surface area contributed by atoms with E-state index >= 15 is 0 Å². The van der Waals surface area contributed by atoms with Crippen LogP contribution in [0.1, 0.15) is 49.7 Å². The molecule has 0 saturated carbocycles. The van der Waals surface area contributed by atoms with Crippen LogP contribution in [0.4, 0.5) is 0 Å². The molecule has 0 aliphatic rings. The molecule has 0 aromatic heterocycles. The third kappa shape index (κ3) is 6.67. The zero-order valence-electron chi connectivity index (χ0n) is 13.9. The Bertz CT molecular complexity index is 596. The van der Waals surface area contributed by atoms with E-state index in [0.29, 0.717) is 18.6 Å². The van der Waals surface area contributed by atoms with Gasteiger partial charge in [0.25, 0.3) is 0 Å². The van der Waals surface area contributed by atoms with Gasteiger partial charge in [-0.2, -0.15) is 0 Å². The van der Waals surface area contributed by atoms with Gasteiger partial charge in [0.2, 0.25) is 0 Å². The molecule has 2 aromatic carbocycles. The fraction of sp³-hybridized carbons (Fsp3) is 0.381. The van der Waals surface area contributed by atoms with Crippen molar-refractivity contribution in [2.24, 2.45) is 0 Å². The first-order valence-electron chi connectivity index (χ1n) is 8.65. The van der Waals surface area contributed by atoms with Gasteiger partial charge in [-0.1, -0.05) is 59.6 Å². The third-order valence-electron chi connectivity index (χ3n) is 4.22. The minimum Gasteiger partial charge on any atom is -0.300 e. The fourth-order valence-electron chi connectivity index (χ4n) is 2.80. The predicted molar refractivity (Wildman–Crippen MR) is 103 cm³/mol. The molecule has 0 heterocycles. The molecule has 128 valence electrons. The first-order chi connectivity index (χ1) is 11.7. The monoisotopic (exact) mass is 362 g/mol. The van der Waals surface area contributed by atoms with Gasteiger partial charge in [-0.15, -0.1) is 0 Å². The molecule has 0 amide bonds. The van der Waals surface area contributed by atoms with Crippen molar-refractivity contribution in [1.82, 2.24) is 0 Å². The van der Waals surface area contributed by atoms with Crippen LogP contribution >= 0.6 is 23.2 Å². The maximum atomic E-state index is 11.9. The van der Waals surface area contributed by atoms with E-state index in [9.17, 15) is 4.79 Å². The zero-order chi connectivity index (χ0) is 17.2. The van der Waals surface area contributed by atoms with E-state index in [1.807, 2.05) is 36.4 Å². The zero-order valence-corrected chi connectivity index (χ0v) is 15.5.